The quantitative estimate of drug-likeness (QED) is 0.187. The van der Waals surface area contributed by atoms with E-state index in [4.69, 9.17) is 9.97 Å². The first-order valence-electron chi connectivity index (χ1n) is 17.2. The Morgan fingerprint density at radius 3 is 1.71 bits per heavy atom. The molecule has 11 rings (SSSR count). The van der Waals surface area contributed by atoms with Crippen LogP contribution in [0.5, 0.6) is 0 Å². The fraction of sp³-hybridized carbons (Fsp3) is 0. The van der Waals surface area contributed by atoms with Gasteiger partial charge in [0.15, 0.2) is 0 Å². The molecule has 51 heavy (non-hydrogen) atoms. The van der Waals surface area contributed by atoms with Crippen molar-refractivity contribution in [3.8, 4) is 34.0 Å². The monoisotopic (exact) mass is 668 g/mol. The van der Waals surface area contributed by atoms with E-state index in [0.29, 0.717) is 5.95 Å². The average Bonchev–Trinajstić information content (AvgIpc) is 3.86. The molecule has 0 radical (unpaired) electrons. The third-order valence-corrected chi connectivity index (χ3v) is 11.3. The maximum atomic E-state index is 5.62. The lowest BCUT2D eigenvalue weighted by molar-refractivity contribution is 1.02. The summed E-state index contributed by atoms with van der Waals surface area (Å²) in [6.07, 6.45) is 0. The minimum absolute atomic E-state index is 0.660. The minimum atomic E-state index is 0.660. The molecule has 0 aliphatic heterocycles. The molecule has 7 aromatic carbocycles. The molecule has 0 atom stereocenters. The molecule has 0 aliphatic carbocycles. The highest BCUT2D eigenvalue weighted by Crippen LogP contribution is 2.44. The highest BCUT2D eigenvalue weighted by Gasteiger charge is 2.24. The van der Waals surface area contributed by atoms with Gasteiger partial charge in [0.2, 0.25) is 5.95 Å². The topological polar surface area (TPSA) is 35.6 Å². The smallest absolute Gasteiger partial charge is 0.235 e. The molecule has 11 aromatic rings. The number of nitrogens with zero attached hydrogens (tertiary/aromatic N) is 4. The van der Waals surface area contributed by atoms with Gasteiger partial charge in [0.25, 0.3) is 0 Å². The van der Waals surface area contributed by atoms with Crippen molar-refractivity contribution >= 4 is 75.3 Å². The van der Waals surface area contributed by atoms with Gasteiger partial charge in [-0.05, 0) is 35.9 Å². The molecule has 5 heteroatoms. The molecule has 4 aromatic heterocycles. The lowest BCUT2D eigenvalue weighted by Crippen LogP contribution is -2.05. The largest absolute Gasteiger partial charge is 0.309 e. The Hall–Kier alpha value is -6.56. The van der Waals surface area contributed by atoms with Gasteiger partial charge in [-0.2, -0.15) is 0 Å². The van der Waals surface area contributed by atoms with E-state index in [2.05, 4.69) is 179 Å². The molecule has 0 spiro atoms. The van der Waals surface area contributed by atoms with E-state index in [0.717, 1.165) is 54.7 Å². The molecule has 4 nitrogen and oxygen atoms in total. The van der Waals surface area contributed by atoms with Gasteiger partial charge in [0.1, 0.15) is 0 Å². The van der Waals surface area contributed by atoms with Gasteiger partial charge >= 0.3 is 0 Å². The zero-order valence-electron chi connectivity index (χ0n) is 27.4. The van der Waals surface area contributed by atoms with Crippen LogP contribution < -0.4 is 0 Å². The van der Waals surface area contributed by atoms with Crippen molar-refractivity contribution in [2.45, 2.75) is 0 Å². The van der Waals surface area contributed by atoms with E-state index in [1.807, 2.05) is 0 Å². The summed E-state index contributed by atoms with van der Waals surface area (Å²) in [5, 5.41) is 5.96. The van der Waals surface area contributed by atoms with E-state index >= 15 is 0 Å². The summed E-state index contributed by atoms with van der Waals surface area (Å²) >= 11 is 1.77. The van der Waals surface area contributed by atoms with E-state index in [-0.39, 0.29) is 0 Å². The third kappa shape index (κ3) is 4.13. The molecule has 0 amide bonds. The van der Waals surface area contributed by atoms with Crippen molar-refractivity contribution in [3.63, 3.8) is 0 Å². The molecule has 0 fully saturated rings. The summed E-state index contributed by atoms with van der Waals surface area (Å²) in [4.78, 5) is 11.1. The Morgan fingerprint density at radius 2 is 0.961 bits per heavy atom. The second-order valence-electron chi connectivity index (χ2n) is 13.0. The number of para-hydroxylation sites is 5. The highest BCUT2D eigenvalue weighted by molar-refractivity contribution is 7.26. The SMILES string of the molecule is c1ccc(-c2cccc3c4ccccc4n(-c4nc(-c5ccccc5-n5c6ccccc6c6ccccc65)c5sc6ccccc6c5n4)c23)cc1. The van der Waals surface area contributed by atoms with Gasteiger partial charge in [-0.1, -0.05) is 140 Å². The van der Waals surface area contributed by atoms with Crippen LogP contribution in [0.15, 0.2) is 170 Å². The number of thiophene rings is 1. The number of hydrogen-bond donors (Lipinski definition) is 0. The molecule has 4 heterocycles. The summed E-state index contributed by atoms with van der Waals surface area (Å²) in [7, 11) is 0. The number of rotatable bonds is 4. The zero-order chi connectivity index (χ0) is 33.5. The summed E-state index contributed by atoms with van der Waals surface area (Å²) in [5.41, 5.74) is 10.9. The van der Waals surface area contributed by atoms with Crippen LogP contribution in [-0.2, 0) is 0 Å². The fourth-order valence-corrected chi connectivity index (χ4v) is 9.14. The lowest BCUT2D eigenvalue weighted by atomic mass is 10.0. The fourth-order valence-electron chi connectivity index (χ4n) is 7.99. The van der Waals surface area contributed by atoms with Gasteiger partial charge in [-0.3, -0.25) is 4.57 Å². The minimum Gasteiger partial charge on any atom is -0.309 e. The maximum Gasteiger partial charge on any atom is 0.235 e. The number of hydrogen-bond acceptors (Lipinski definition) is 3. The lowest BCUT2D eigenvalue weighted by Gasteiger charge is -2.16. The van der Waals surface area contributed by atoms with Crippen LogP contribution in [-0.4, -0.2) is 19.1 Å². The van der Waals surface area contributed by atoms with Crippen LogP contribution >= 0.6 is 11.3 Å². The normalized spacial score (nSPS) is 11.9. The zero-order valence-corrected chi connectivity index (χ0v) is 28.2. The predicted octanol–water partition coefficient (Wildman–Crippen LogP) is 12.4. The molecule has 238 valence electrons. The van der Waals surface area contributed by atoms with Crippen LogP contribution in [0.1, 0.15) is 0 Å². The van der Waals surface area contributed by atoms with Crippen LogP contribution in [0, 0.1) is 0 Å². The van der Waals surface area contributed by atoms with E-state index < -0.39 is 0 Å². The molecule has 0 N–H and O–H groups in total. The molecular formula is C46H28N4S. The first-order valence-corrected chi connectivity index (χ1v) is 18.0. The Balaban J connectivity index is 1.28. The number of aromatic nitrogens is 4. The standard InChI is InChI=1S/C46H28N4S/c1-2-15-29(16-3-1)30-22-14-23-34-33-19-6-11-26-39(33)50(44(30)34)46-47-42(45-43(48-46)36-21-8-13-28-41(36)51-45)35-20-7-12-27-40(35)49-37-24-9-4-17-31(37)32-18-5-10-25-38(32)49/h1-28H. The first kappa shape index (κ1) is 28.3. The van der Waals surface area contributed by atoms with Crippen LogP contribution in [0.2, 0.25) is 0 Å². The van der Waals surface area contributed by atoms with Gasteiger partial charge in [-0.15, -0.1) is 11.3 Å². The highest BCUT2D eigenvalue weighted by atomic mass is 32.1. The van der Waals surface area contributed by atoms with Crippen molar-refractivity contribution < 1.29 is 0 Å². The third-order valence-electron chi connectivity index (χ3n) is 10.2. The molecule has 0 unspecified atom stereocenters. The molecule has 0 aliphatic rings. The predicted molar refractivity (Wildman–Crippen MR) is 214 cm³/mol. The molecule has 0 saturated heterocycles. The van der Waals surface area contributed by atoms with Crippen molar-refractivity contribution in [1.29, 1.82) is 0 Å². The van der Waals surface area contributed by atoms with E-state index in [9.17, 15) is 0 Å². The van der Waals surface area contributed by atoms with Crippen molar-refractivity contribution in [2.75, 3.05) is 0 Å². The Bertz CT molecular complexity index is 3090. The summed E-state index contributed by atoms with van der Waals surface area (Å²) in [6.45, 7) is 0. The average molecular weight is 669 g/mol. The van der Waals surface area contributed by atoms with Gasteiger partial charge < -0.3 is 4.57 Å². The van der Waals surface area contributed by atoms with Gasteiger partial charge in [0.05, 0.1) is 43.7 Å². The summed E-state index contributed by atoms with van der Waals surface area (Å²) < 4.78 is 6.96. The summed E-state index contributed by atoms with van der Waals surface area (Å²) in [5.74, 6) is 0.660. The van der Waals surface area contributed by atoms with Crippen LogP contribution in [0.3, 0.4) is 0 Å². The number of fused-ring (bicyclic) bond motifs is 9. The van der Waals surface area contributed by atoms with E-state index in [1.165, 1.54) is 37.3 Å². The van der Waals surface area contributed by atoms with E-state index in [1.54, 1.807) is 11.3 Å². The summed E-state index contributed by atoms with van der Waals surface area (Å²) in [6, 6.07) is 60.5. The molecular weight excluding hydrogens is 641 g/mol. The van der Waals surface area contributed by atoms with Crippen LogP contribution in [0.4, 0.5) is 0 Å². The Morgan fingerprint density at radius 1 is 0.412 bits per heavy atom. The Kier molecular flexibility index (Phi) is 6.09. The van der Waals surface area contributed by atoms with Crippen molar-refractivity contribution in [1.82, 2.24) is 19.1 Å². The van der Waals surface area contributed by atoms with Crippen molar-refractivity contribution in [3.05, 3.63) is 170 Å². The van der Waals surface area contributed by atoms with Crippen LogP contribution in [0.25, 0.3) is 97.9 Å². The second-order valence-corrected chi connectivity index (χ2v) is 14.0. The van der Waals surface area contributed by atoms with Gasteiger partial charge in [0, 0.05) is 42.8 Å². The number of benzene rings is 7. The molecule has 0 bridgehead atoms. The van der Waals surface area contributed by atoms with Gasteiger partial charge in [-0.25, -0.2) is 9.97 Å². The first-order chi connectivity index (χ1) is 25.3. The van der Waals surface area contributed by atoms with Crippen molar-refractivity contribution in [2.24, 2.45) is 0 Å². The second kappa shape index (κ2) is 11.0. The maximum absolute atomic E-state index is 5.62. The Labute approximate surface area is 297 Å². The molecule has 0 saturated carbocycles.